The first-order valence-electron chi connectivity index (χ1n) is 12.9. The zero-order valence-corrected chi connectivity index (χ0v) is 21.2. The lowest BCUT2D eigenvalue weighted by molar-refractivity contribution is -0.0396. The first-order chi connectivity index (χ1) is 16.4. The van der Waals surface area contributed by atoms with Crippen LogP contribution in [0.25, 0.3) is 5.57 Å². The summed E-state index contributed by atoms with van der Waals surface area (Å²) in [6.45, 7) is 2.70. The van der Waals surface area contributed by atoms with Crippen LogP contribution < -0.4 is 0 Å². The molecule has 4 rings (SSSR count). The fourth-order valence-corrected chi connectivity index (χ4v) is 5.73. The molecule has 1 atom stereocenters. The summed E-state index contributed by atoms with van der Waals surface area (Å²) < 4.78 is 13.7. The molecule has 3 aliphatic rings. The average Bonchev–Trinajstić information content (AvgIpc) is 3.27. The second-order valence-corrected chi connectivity index (χ2v) is 10.6. The fourth-order valence-electron chi connectivity index (χ4n) is 5.73. The fraction of sp³-hybridized carbons (Fsp3) is 0.769. The van der Waals surface area contributed by atoms with E-state index in [4.69, 9.17) is 19.7 Å². The highest BCUT2D eigenvalue weighted by molar-refractivity contribution is 5.66. The maximum Gasteiger partial charge on any atom is 0.407 e. The Morgan fingerprint density at radius 1 is 1.24 bits per heavy atom. The Labute approximate surface area is 203 Å². The van der Waals surface area contributed by atoms with Crippen LogP contribution in [-0.4, -0.2) is 77.8 Å². The molecule has 1 aromatic heterocycles. The third-order valence-electron chi connectivity index (χ3n) is 8.18. The third-order valence-corrected chi connectivity index (χ3v) is 8.18. The van der Waals surface area contributed by atoms with Gasteiger partial charge in [0.15, 0.2) is 0 Å². The second-order valence-electron chi connectivity index (χ2n) is 10.6. The van der Waals surface area contributed by atoms with Gasteiger partial charge in [-0.1, -0.05) is 6.08 Å². The Morgan fingerprint density at radius 2 is 2.03 bits per heavy atom. The van der Waals surface area contributed by atoms with Crippen LogP contribution in [0, 0.1) is 5.41 Å². The molecule has 1 aromatic rings. The molecule has 1 N–H and O–H groups in total. The molecular weight excluding hydrogens is 432 g/mol. The summed E-state index contributed by atoms with van der Waals surface area (Å²) in [6, 6.07) is 0. The van der Waals surface area contributed by atoms with Crippen molar-refractivity contribution in [3.8, 4) is 0 Å². The lowest BCUT2D eigenvalue weighted by Crippen LogP contribution is -2.33. The van der Waals surface area contributed by atoms with Crippen molar-refractivity contribution < 1.29 is 19.4 Å². The highest BCUT2D eigenvalue weighted by Crippen LogP contribution is 2.49. The number of hydrogen-bond acceptors (Lipinski definition) is 5. The summed E-state index contributed by atoms with van der Waals surface area (Å²) in [4.78, 5) is 14.7. The lowest BCUT2D eigenvalue weighted by atomic mass is 9.65. The van der Waals surface area contributed by atoms with Crippen LogP contribution in [0.3, 0.4) is 0 Å². The monoisotopic (exact) mass is 474 g/mol. The molecular formula is C26H42N4O4. The molecule has 2 aliphatic carbocycles. The molecule has 8 nitrogen and oxygen atoms in total. The van der Waals surface area contributed by atoms with Gasteiger partial charge in [-0.3, -0.25) is 0 Å². The van der Waals surface area contributed by atoms with Gasteiger partial charge in [-0.25, -0.2) is 9.48 Å². The number of nitrogens with zero attached hydrogens (tertiary/aromatic N) is 4. The minimum Gasteiger partial charge on any atom is -0.465 e. The van der Waals surface area contributed by atoms with Gasteiger partial charge in [-0.15, -0.1) is 0 Å². The molecule has 0 radical (unpaired) electrons. The highest BCUT2D eigenvalue weighted by Gasteiger charge is 2.37. The molecule has 0 aromatic carbocycles. The second kappa shape index (κ2) is 11.2. The molecule has 1 saturated carbocycles. The topological polar surface area (TPSA) is 80.1 Å². The summed E-state index contributed by atoms with van der Waals surface area (Å²) in [6.07, 6.45) is 15.8. The Morgan fingerprint density at radius 3 is 2.65 bits per heavy atom. The Bertz CT molecular complexity index is 853. The summed E-state index contributed by atoms with van der Waals surface area (Å²) in [5.74, 6) is 0. The SMILES string of the molecule is COC1CCC2(CC=C(c3nn(C4CCCCO4)cc3CN(C)CCN(C)C(=O)O)CC2)CC1. The van der Waals surface area contributed by atoms with Crippen LogP contribution >= 0.6 is 0 Å². The lowest BCUT2D eigenvalue weighted by Gasteiger charge is -2.42. The van der Waals surface area contributed by atoms with Crippen molar-refractivity contribution in [2.45, 2.75) is 83.1 Å². The number of likely N-dealkylation sites (N-methyl/N-ethyl adjacent to an activating group) is 2. The average molecular weight is 475 g/mol. The van der Waals surface area contributed by atoms with E-state index in [-0.39, 0.29) is 6.23 Å². The van der Waals surface area contributed by atoms with Crippen molar-refractivity contribution in [2.24, 2.45) is 5.41 Å². The number of amides is 1. The minimum atomic E-state index is -0.892. The van der Waals surface area contributed by atoms with Gasteiger partial charge in [0.25, 0.3) is 0 Å². The van der Waals surface area contributed by atoms with Crippen LogP contribution in [0.5, 0.6) is 0 Å². The number of carbonyl (C=O) groups is 1. The van der Waals surface area contributed by atoms with E-state index >= 15 is 0 Å². The minimum absolute atomic E-state index is 0.0181. The van der Waals surface area contributed by atoms with Gasteiger partial charge in [0.1, 0.15) is 6.23 Å². The molecule has 1 spiro atoms. The largest absolute Gasteiger partial charge is 0.465 e. The van der Waals surface area contributed by atoms with E-state index in [9.17, 15) is 4.79 Å². The number of rotatable bonds is 8. The van der Waals surface area contributed by atoms with Crippen molar-refractivity contribution in [2.75, 3.05) is 40.9 Å². The predicted octanol–water partition coefficient (Wildman–Crippen LogP) is 4.77. The first kappa shape index (κ1) is 25.2. The number of aromatic nitrogens is 2. The van der Waals surface area contributed by atoms with Crippen LogP contribution in [0.2, 0.25) is 0 Å². The first-order valence-corrected chi connectivity index (χ1v) is 12.9. The van der Waals surface area contributed by atoms with Crippen molar-refractivity contribution in [3.63, 3.8) is 0 Å². The third kappa shape index (κ3) is 6.01. The van der Waals surface area contributed by atoms with Crippen molar-refractivity contribution in [3.05, 3.63) is 23.5 Å². The van der Waals surface area contributed by atoms with Crippen molar-refractivity contribution in [1.82, 2.24) is 19.6 Å². The van der Waals surface area contributed by atoms with E-state index in [1.54, 1.807) is 7.05 Å². The molecule has 1 aliphatic heterocycles. The highest BCUT2D eigenvalue weighted by atomic mass is 16.5. The maximum atomic E-state index is 11.1. The number of methoxy groups -OCH3 is 1. The Kier molecular flexibility index (Phi) is 8.32. The van der Waals surface area contributed by atoms with E-state index in [2.05, 4.69) is 17.2 Å². The van der Waals surface area contributed by atoms with Gasteiger partial charge in [-0.05, 0) is 82.2 Å². The van der Waals surface area contributed by atoms with Crippen molar-refractivity contribution >= 4 is 11.7 Å². The summed E-state index contributed by atoms with van der Waals surface area (Å²) in [5.41, 5.74) is 4.11. The van der Waals surface area contributed by atoms with Gasteiger partial charge in [0.2, 0.25) is 0 Å². The van der Waals surface area contributed by atoms with Crippen LogP contribution in [0.15, 0.2) is 12.3 Å². The molecule has 190 valence electrons. The van der Waals surface area contributed by atoms with Crippen molar-refractivity contribution in [1.29, 1.82) is 0 Å². The summed E-state index contributed by atoms with van der Waals surface area (Å²) in [7, 11) is 5.50. The zero-order valence-electron chi connectivity index (χ0n) is 21.2. The maximum absolute atomic E-state index is 11.1. The van der Waals surface area contributed by atoms with Gasteiger partial charge in [-0.2, -0.15) is 5.10 Å². The normalized spacial score (nSPS) is 27.7. The van der Waals surface area contributed by atoms with Gasteiger partial charge in [0.05, 0.1) is 11.8 Å². The summed E-state index contributed by atoms with van der Waals surface area (Å²) >= 11 is 0. The molecule has 1 unspecified atom stereocenters. The Hall–Kier alpha value is -1.90. The molecule has 2 heterocycles. The number of carboxylic acid groups (broad SMARTS) is 1. The van der Waals surface area contributed by atoms with Gasteiger partial charge < -0.3 is 24.4 Å². The van der Waals surface area contributed by atoms with E-state index in [1.807, 2.05) is 18.8 Å². The van der Waals surface area contributed by atoms with E-state index in [0.717, 1.165) is 44.5 Å². The molecule has 0 bridgehead atoms. The molecule has 8 heteroatoms. The number of allylic oxidation sites excluding steroid dienone is 2. The van der Waals surface area contributed by atoms with E-state index in [1.165, 1.54) is 54.6 Å². The van der Waals surface area contributed by atoms with E-state index in [0.29, 0.717) is 24.6 Å². The smallest absolute Gasteiger partial charge is 0.407 e. The quantitative estimate of drug-likeness (QED) is 0.585. The zero-order chi connectivity index (χ0) is 24.1. The van der Waals surface area contributed by atoms with Crippen LogP contribution in [-0.2, 0) is 16.0 Å². The molecule has 2 fully saturated rings. The standard InChI is InChI=1S/C26H42N4O4/c1-28(15-16-29(2)25(31)32)18-21-19-30(23-6-4-5-17-34-23)27-24(21)20-7-11-26(12-8-20)13-9-22(33-3)10-14-26/h7,19,22-23H,4-6,8-18H2,1-3H3,(H,31,32). The van der Waals surface area contributed by atoms with E-state index < -0.39 is 6.09 Å². The molecule has 1 saturated heterocycles. The number of hydrogen-bond donors (Lipinski definition) is 1. The van der Waals surface area contributed by atoms with Crippen LogP contribution in [0.4, 0.5) is 4.79 Å². The van der Waals surface area contributed by atoms with Crippen LogP contribution in [0.1, 0.15) is 81.7 Å². The summed E-state index contributed by atoms with van der Waals surface area (Å²) in [5, 5.41) is 14.2. The van der Waals surface area contributed by atoms with Gasteiger partial charge >= 0.3 is 6.09 Å². The Balaban J connectivity index is 1.48. The van der Waals surface area contributed by atoms with Gasteiger partial charge in [0, 0.05) is 52.2 Å². The molecule has 1 amide bonds. The molecule has 34 heavy (non-hydrogen) atoms. The number of ether oxygens (including phenoxy) is 2. The predicted molar refractivity (Wildman–Crippen MR) is 132 cm³/mol.